The summed E-state index contributed by atoms with van der Waals surface area (Å²) in [6.07, 6.45) is 3.98. The normalized spacial score (nSPS) is 14.9. The van der Waals surface area contributed by atoms with E-state index in [9.17, 15) is 5.26 Å². The Morgan fingerprint density at radius 1 is 1.39 bits per heavy atom. The van der Waals surface area contributed by atoms with Crippen LogP contribution in [0.5, 0.6) is 5.75 Å². The Morgan fingerprint density at radius 3 is 2.97 bits per heavy atom. The number of nitrogens with one attached hydrogen (secondary N) is 1. The topological polar surface area (TPSA) is 84.0 Å². The zero-order valence-corrected chi connectivity index (χ0v) is 18.6. The third kappa shape index (κ3) is 4.34. The third-order valence-electron chi connectivity index (χ3n) is 5.38. The summed E-state index contributed by atoms with van der Waals surface area (Å²) in [4.78, 5) is 5.79. The molecule has 0 radical (unpaired) electrons. The van der Waals surface area contributed by atoms with Crippen molar-refractivity contribution in [2.24, 2.45) is 5.73 Å². The first-order valence-electron chi connectivity index (χ1n) is 10.4. The van der Waals surface area contributed by atoms with Crippen molar-refractivity contribution in [2.45, 2.75) is 38.8 Å². The molecule has 1 aromatic heterocycles. The third-order valence-corrected chi connectivity index (χ3v) is 6.46. The van der Waals surface area contributed by atoms with Crippen molar-refractivity contribution in [3.63, 3.8) is 0 Å². The SMILES string of the molecule is C=C(CN)NC1CCc2c(-c3cnc(-c4ccc(OC(C)C)c(C#N)c4)s3)cccc21. The zero-order chi connectivity index (χ0) is 22.0. The molecule has 1 aliphatic rings. The molecule has 3 aromatic rings. The van der Waals surface area contributed by atoms with Gasteiger partial charge in [0.05, 0.1) is 22.6 Å². The molecule has 1 atom stereocenters. The molecular weight excluding hydrogens is 404 g/mol. The summed E-state index contributed by atoms with van der Waals surface area (Å²) in [6.45, 7) is 8.33. The molecule has 0 amide bonds. The van der Waals surface area contributed by atoms with Gasteiger partial charge in [-0.2, -0.15) is 5.26 Å². The van der Waals surface area contributed by atoms with Gasteiger partial charge >= 0.3 is 0 Å². The monoisotopic (exact) mass is 430 g/mol. The highest BCUT2D eigenvalue weighted by molar-refractivity contribution is 7.18. The summed E-state index contributed by atoms with van der Waals surface area (Å²) in [5.74, 6) is 0.608. The van der Waals surface area contributed by atoms with Crippen LogP contribution < -0.4 is 15.8 Å². The van der Waals surface area contributed by atoms with Crippen LogP contribution in [0.4, 0.5) is 0 Å². The van der Waals surface area contributed by atoms with Crippen molar-refractivity contribution in [3.8, 4) is 32.8 Å². The average Bonchev–Trinajstić information content (AvgIpc) is 3.41. The standard InChI is InChI=1S/C25H26N4OS/c1-15(2)30-23-10-7-17(11-18(23)13-27)25-28-14-24(31-25)21-6-4-5-20-19(21)8-9-22(20)29-16(3)12-26/h4-7,10-11,14-15,22,29H,3,8-9,12,26H2,1-2H3. The Kier molecular flexibility index (Phi) is 6.08. The van der Waals surface area contributed by atoms with Crippen LogP contribution in [0.25, 0.3) is 21.0 Å². The van der Waals surface area contributed by atoms with Gasteiger partial charge in [0, 0.05) is 24.0 Å². The van der Waals surface area contributed by atoms with Gasteiger partial charge in [0.2, 0.25) is 0 Å². The fourth-order valence-corrected chi connectivity index (χ4v) is 4.94. The number of thiazole rings is 1. The van der Waals surface area contributed by atoms with E-state index < -0.39 is 0 Å². The number of fused-ring (bicyclic) bond motifs is 1. The number of hydrogen-bond donors (Lipinski definition) is 2. The van der Waals surface area contributed by atoms with E-state index in [-0.39, 0.29) is 12.1 Å². The smallest absolute Gasteiger partial charge is 0.137 e. The second-order valence-corrected chi connectivity index (χ2v) is 8.97. The number of benzene rings is 2. The van der Waals surface area contributed by atoms with Crippen LogP contribution in [0.3, 0.4) is 0 Å². The zero-order valence-electron chi connectivity index (χ0n) is 17.8. The van der Waals surface area contributed by atoms with Gasteiger partial charge in [-0.05, 0) is 61.6 Å². The molecule has 0 saturated carbocycles. The highest BCUT2D eigenvalue weighted by Gasteiger charge is 2.25. The molecular formula is C25H26N4OS. The molecule has 0 aliphatic heterocycles. The summed E-state index contributed by atoms with van der Waals surface area (Å²) in [6, 6.07) is 14.6. The van der Waals surface area contributed by atoms with Gasteiger partial charge in [-0.15, -0.1) is 11.3 Å². The molecule has 1 heterocycles. The van der Waals surface area contributed by atoms with Crippen molar-refractivity contribution in [1.82, 2.24) is 10.3 Å². The lowest BCUT2D eigenvalue weighted by Gasteiger charge is -2.17. The van der Waals surface area contributed by atoms with Gasteiger partial charge in [-0.3, -0.25) is 0 Å². The Bertz CT molecular complexity index is 1160. The van der Waals surface area contributed by atoms with Gasteiger partial charge in [-0.1, -0.05) is 24.8 Å². The second kappa shape index (κ2) is 8.93. The Hall–Kier alpha value is -3.14. The number of hydrogen-bond acceptors (Lipinski definition) is 6. The van der Waals surface area contributed by atoms with Crippen molar-refractivity contribution >= 4 is 11.3 Å². The summed E-state index contributed by atoms with van der Waals surface area (Å²) >= 11 is 1.64. The first-order valence-corrected chi connectivity index (χ1v) is 11.2. The Labute approximate surface area is 187 Å². The van der Waals surface area contributed by atoms with Gasteiger partial charge in [0.25, 0.3) is 0 Å². The second-order valence-electron chi connectivity index (χ2n) is 7.94. The number of ether oxygens (including phenoxy) is 1. The fraction of sp³-hybridized carbons (Fsp3) is 0.280. The maximum atomic E-state index is 9.53. The van der Waals surface area contributed by atoms with E-state index in [1.54, 1.807) is 11.3 Å². The molecule has 4 rings (SSSR count). The number of nitriles is 1. The highest BCUT2D eigenvalue weighted by Crippen LogP contribution is 2.41. The van der Waals surface area contributed by atoms with Crippen LogP contribution in [0, 0.1) is 11.3 Å². The number of rotatable bonds is 7. The van der Waals surface area contributed by atoms with Crippen LogP contribution >= 0.6 is 11.3 Å². The van der Waals surface area contributed by atoms with E-state index in [2.05, 4.69) is 41.1 Å². The largest absolute Gasteiger partial charge is 0.490 e. The quantitative estimate of drug-likeness (QED) is 0.539. The molecule has 158 valence electrons. The van der Waals surface area contributed by atoms with Gasteiger partial charge in [-0.25, -0.2) is 4.98 Å². The molecule has 0 bridgehead atoms. The summed E-state index contributed by atoms with van der Waals surface area (Å²) in [5, 5.41) is 13.9. The molecule has 1 unspecified atom stereocenters. The average molecular weight is 431 g/mol. The van der Waals surface area contributed by atoms with E-state index in [0.717, 1.165) is 34.0 Å². The van der Waals surface area contributed by atoms with Gasteiger partial charge < -0.3 is 15.8 Å². The predicted molar refractivity (Wildman–Crippen MR) is 126 cm³/mol. The van der Waals surface area contributed by atoms with Crippen molar-refractivity contribution in [2.75, 3.05) is 6.54 Å². The van der Waals surface area contributed by atoms with E-state index in [1.165, 1.54) is 16.7 Å². The Morgan fingerprint density at radius 2 is 2.23 bits per heavy atom. The predicted octanol–water partition coefficient (Wildman–Crippen LogP) is 5.19. The number of nitrogens with zero attached hydrogens (tertiary/aromatic N) is 2. The van der Waals surface area contributed by atoms with Crippen molar-refractivity contribution in [3.05, 3.63) is 71.6 Å². The molecule has 0 fully saturated rings. The van der Waals surface area contributed by atoms with Gasteiger partial charge in [0.15, 0.2) is 0 Å². The van der Waals surface area contributed by atoms with Crippen molar-refractivity contribution in [1.29, 1.82) is 5.26 Å². The molecule has 6 heteroatoms. The fourth-order valence-electron chi connectivity index (χ4n) is 3.98. The van der Waals surface area contributed by atoms with E-state index >= 15 is 0 Å². The molecule has 0 saturated heterocycles. The van der Waals surface area contributed by atoms with Crippen LogP contribution in [0.15, 0.2) is 54.9 Å². The summed E-state index contributed by atoms with van der Waals surface area (Å²) in [5.41, 5.74) is 11.9. The lowest BCUT2D eigenvalue weighted by Crippen LogP contribution is -2.23. The first kappa shape index (κ1) is 21.1. The Balaban J connectivity index is 1.64. The lowest BCUT2D eigenvalue weighted by atomic mass is 10.0. The number of nitrogens with two attached hydrogens (primary N) is 1. The minimum Gasteiger partial charge on any atom is -0.490 e. The van der Waals surface area contributed by atoms with Crippen LogP contribution in [0.2, 0.25) is 0 Å². The highest BCUT2D eigenvalue weighted by atomic mass is 32.1. The molecule has 5 nitrogen and oxygen atoms in total. The summed E-state index contributed by atoms with van der Waals surface area (Å²) in [7, 11) is 0. The van der Waals surface area contributed by atoms with E-state index in [4.69, 9.17) is 10.5 Å². The first-order chi connectivity index (χ1) is 15.0. The van der Waals surface area contributed by atoms with Crippen molar-refractivity contribution < 1.29 is 4.74 Å². The number of aromatic nitrogens is 1. The maximum absolute atomic E-state index is 9.53. The minimum absolute atomic E-state index is 0.0185. The summed E-state index contributed by atoms with van der Waals surface area (Å²) < 4.78 is 5.74. The molecule has 3 N–H and O–H groups in total. The minimum atomic E-state index is 0.0185. The van der Waals surface area contributed by atoms with Crippen LogP contribution in [-0.2, 0) is 6.42 Å². The maximum Gasteiger partial charge on any atom is 0.137 e. The lowest BCUT2D eigenvalue weighted by molar-refractivity contribution is 0.242. The molecule has 0 spiro atoms. The van der Waals surface area contributed by atoms with E-state index in [1.807, 2.05) is 38.2 Å². The van der Waals surface area contributed by atoms with E-state index in [0.29, 0.717) is 17.9 Å². The van der Waals surface area contributed by atoms with Gasteiger partial charge in [0.1, 0.15) is 16.8 Å². The molecule has 2 aromatic carbocycles. The van der Waals surface area contributed by atoms with Crippen LogP contribution in [-0.4, -0.2) is 17.6 Å². The molecule has 31 heavy (non-hydrogen) atoms. The molecule has 1 aliphatic carbocycles. The van der Waals surface area contributed by atoms with Crippen LogP contribution in [0.1, 0.15) is 43.0 Å².